The average molecular weight is 388 g/mol. The van der Waals surface area contributed by atoms with Crippen molar-refractivity contribution in [2.75, 3.05) is 0 Å². The molecule has 0 radical (unpaired) electrons. The fourth-order valence-electron chi connectivity index (χ4n) is 5.01. The SMILES string of the molecule is CC(C)CC[C@@]1(O)[C@@]2(O)C(=O)O[C@]13C(=Cc1cccc(O)c1[C@@H]3O)C(=O)[C@@H]2C. The van der Waals surface area contributed by atoms with E-state index in [-0.39, 0.29) is 29.2 Å². The second kappa shape index (κ2) is 5.65. The molecule has 5 atom stereocenters. The quantitative estimate of drug-likeness (QED) is 0.574. The van der Waals surface area contributed by atoms with Gasteiger partial charge in [-0.05, 0) is 36.5 Å². The molecule has 4 rings (SSSR count). The highest BCUT2D eigenvalue weighted by Crippen LogP contribution is 2.64. The molecule has 1 aromatic carbocycles. The van der Waals surface area contributed by atoms with Crippen LogP contribution in [-0.2, 0) is 14.3 Å². The number of carbonyl (C=O) groups excluding carboxylic acids is 2. The van der Waals surface area contributed by atoms with Crippen LogP contribution in [0, 0.1) is 11.8 Å². The molecule has 28 heavy (non-hydrogen) atoms. The Labute approximate surface area is 162 Å². The Kier molecular flexibility index (Phi) is 3.86. The van der Waals surface area contributed by atoms with Crippen molar-refractivity contribution in [3.05, 3.63) is 34.9 Å². The predicted molar refractivity (Wildman–Crippen MR) is 98.0 cm³/mol. The number of hydrogen-bond donors (Lipinski definition) is 4. The van der Waals surface area contributed by atoms with Crippen LogP contribution in [0.15, 0.2) is 23.8 Å². The number of aromatic hydroxyl groups is 1. The molecular weight excluding hydrogens is 364 g/mol. The van der Waals surface area contributed by atoms with Gasteiger partial charge in [0, 0.05) is 11.1 Å². The summed E-state index contributed by atoms with van der Waals surface area (Å²) in [6.07, 6.45) is 0.0718. The van der Waals surface area contributed by atoms with Crippen LogP contribution >= 0.6 is 0 Å². The molecule has 1 aliphatic heterocycles. The fraction of sp³-hybridized carbons (Fsp3) is 0.524. The van der Waals surface area contributed by atoms with E-state index in [9.17, 15) is 30.0 Å². The first-order valence-corrected chi connectivity index (χ1v) is 9.47. The minimum atomic E-state index is -2.49. The molecule has 150 valence electrons. The zero-order valence-electron chi connectivity index (χ0n) is 16.0. The third kappa shape index (κ3) is 1.89. The lowest BCUT2D eigenvalue weighted by Crippen LogP contribution is -2.73. The van der Waals surface area contributed by atoms with Crippen molar-refractivity contribution < 1.29 is 34.8 Å². The Bertz CT molecular complexity index is 919. The summed E-state index contributed by atoms with van der Waals surface area (Å²) in [6, 6.07) is 4.54. The maximum Gasteiger partial charge on any atom is 0.343 e. The summed E-state index contributed by atoms with van der Waals surface area (Å²) in [4.78, 5) is 25.9. The Morgan fingerprint density at radius 2 is 1.89 bits per heavy atom. The lowest BCUT2D eigenvalue weighted by molar-refractivity contribution is -0.221. The van der Waals surface area contributed by atoms with Crippen molar-refractivity contribution in [3.63, 3.8) is 0 Å². The molecule has 7 nitrogen and oxygen atoms in total. The van der Waals surface area contributed by atoms with E-state index in [4.69, 9.17) is 4.74 Å². The molecule has 7 heteroatoms. The number of phenolic OH excluding ortho intramolecular Hbond substituents is 1. The van der Waals surface area contributed by atoms with Gasteiger partial charge in [0.05, 0.1) is 5.92 Å². The van der Waals surface area contributed by atoms with E-state index in [0.29, 0.717) is 12.0 Å². The number of esters is 1. The molecule has 2 aliphatic carbocycles. The number of rotatable bonds is 3. The van der Waals surface area contributed by atoms with E-state index < -0.39 is 40.6 Å². The van der Waals surface area contributed by atoms with Crippen molar-refractivity contribution >= 4 is 17.8 Å². The number of phenols is 1. The van der Waals surface area contributed by atoms with E-state index >= 15 is 0 Å². The van der Waals surface area contributed by atoms with E-state index in [1.165, 1.54) is 19.1 Å². The second-order valence-corrected chi connectivity index (χ2v) is 8.51. The zero-order chi connectivity index (χ0) is 20.6. The molecule has 4 N–H and O–H groups in total. The van der Waals surface area contributed by atoms with Crippen LogP contribution in [0.3, 0.4) is 0 Å². The van der Waals surface area contributed by atoms with E-state index in [1.807, 2.05) is 13.8 Å². The van der Waals surface area contributed by atoms with Crippen LogP contribution in [0.5, 0.6) is 5.75 Å². The van der Waals surface area contributed by atoms with Crippen LogP contribution in [0.2, 0.25) is 0 Å². The number of ketones is 1. The number of Topliss-reactive ketones (excluding diaryl/α,β-unsaturated/α-hetero) is 1. The number of carbonyl (C=O) groups is 2. The Hall–Kier alpha value is -2.22. The lowest BCUT2D eigenvalue weighted by Gasteiger charge is -2.53. The predicted octanol–water partition coefficient (Wildman–Crippen LogP) is 1.24. The first-order chi connectivity index (χ1) is 13.0. The number of ether oxygens (including phenoxy) is 1. The highest BCUT2D eigenvalue weighted by atomic mass is 16.6. The highest BCUT2D eigenvalue weighted by Gasteiger charge is 2.84. The summed E-state index contributed by atoms with van der Waals surface area (Å²) >= 11 is 0. The molecule has 3 aliphatic rings. The van der Waals surface area contributed by atoms with Gasteiger partial charge in [0.25, 0.3) is 0 Å². The van der Waals surface area contributed by atoms with Gasteiger partial charge >= 0.3 is 5.97 Å². The fourth-order valence-corrected chi connectivity index (χ4v) is 5.01. The third-order valence-electron chi connectivity index (χ3n) is 6.65. The molecule has 1 aromatic rings. The Morgan fingerprint density at radius 3 is 2.54 bits per heavy atom. The number of aliphatic hydroxyl groups is 3. The van der Waals surface area contributed by atoms with Crippen LogP contribution in [0.1, 0.15) is 50.8 Å². The number of benzene rings is 1. The van der Waals surface area contributed by atoms with Gasteiger partial charge in [-0.3, -0.25) is 4.79 Å². The van der Waals surface area contributed by atoms with Crippen LogP contribution in [-0.4, -0.2) is 49.0 Å². The minimum absolute atomic E-state index is 0.0497. The normalized spacial score (nSPS) is 38.8. The molecule has 0 amide bonds. The van der Waals surface area contributed by atoms with E-state index in [0.717, 1.165) is 0 Å². The van der Waals surface area contributed by atoms with E-state index in [1.54, 1.807) is 12.1 Å². The third-order valence-corrected chi connectivity index (χ3v) is 6.65. The Morgan fingerprint density at radius 1 is 1.21 bits per heavy atom. The molecule has 0 aromatic heterocycles. The molecule has 0 unspecified atom stereocenters. The molecule has 2 bridgehead atoms. The average Bonchev–Trinajstić information content (AvgIpc) is 2.77. The second-order valence-electron chi connectivity index (χ2n) is 8.51. The van der Waals surface area contributed by atoms with Crippen molar-refractivity contribution in [1.82, 2.24) is 0 Å². The van der Waals surface area contributed by atoms with Gasteiger partial charge < -0.3 is 25.2 Å². The Balaban J connectivity index is 2.04. The van der Waals surface area contributed by atoms with Gasteiger partial charge in [0.15, 0.2) is 11.4 Å². The van der Waals surface area contributed by atoms with Crippen LogP contribution in [0.25, 0.3) is 6.08 Å². The van der Waals surface area contributed by atoms with E-state index in [2.05, 4.69) is 0 Å². The van der Waals surface area contributed by atoms with Gasteiger partial charge in [0.1, 0.15) is 11.9 Å². The smallest absolute Gasteiger partial charge is 0.343 e. The molecular formula is C21H24O7. The first-order valence-electron chi connectivity index (χ1n) is 9.47. The van der Waals surface area contributed by atoms with Gasteiger partial charge in [-0.1, -0.05) is 32.9 Å². The van der Waals surface area contributed by atoms with Gasteiger partial charge in [-0.2, -0.15) is 0 Å². The van der Waals surface area contributed by atoms with Crippen LogP contribution < -0.4 is 0 Å². The number of hydrogen-bond acceptors (Lipinski definition) is 7. The zero-order valence-corrected chi connectivity index (χ0v) is 16.0. The molecule has 2 fully saturated rings. The highest BCUT2D eigenvalue weighted by molar-refractivity contribution is 6.12. The summed E-state index contributed by atoms with van der Waals surface area (Å²) in [5.74, 6) is -3.08. The standard InChI is InChI=1S/C21H24O7/c1-10(2)7-8-19(26)20(27)11(3)16(23)13-9-12-5-4-6-14(22)15(12)17(24)21(13,19)28-18(20)25/h4-6,9-11,17,22,24,26-27H,7-8H2,1-3H3/t11-,17-,19+,20-,21-/m0/s1. The summed E-state index contributed by atoms with van der Waals surface area (Å²) in [5.41, 5.74) is -6.52. The van der Waals surface area contributed by atoms with Gasteiger partial charge in [0.2, 0.25) is 11.2 Å². The van der Waals surface area contributed by atoms with Gasteiger partial charge in [-0.15, -0.1) is 0 Å². The van der Waals surface area contributed by atoms with Gasteiger partial charge in [-0.25, -0.2) is 4.79 Å². The lowest BCUT2D eigenvalue weighted by atomic mass is 9.53. The summed E-state index contributed by atoms with van der Waals surface area (Å²) in [5, 5.41) is 44.6. The summed E-state index contributed by atoms with van der Waals surface area (Å²) in [6.45, 7) is 5.22. The summed E-state index contributed by atoms with van der Waals surface area (Å²) in [7, 11) is 0. The summed E-state index contributed by atoms with van der Waals surface area (Å²) < 4.78 is 5.50. The van der Waals surface area contributed by atoms with Crippen molar-refractivity contribution in [1.29, 1.82) is 0 Å². The maximum atomic E-state index is 13.1. The number of aliphatic hydroxyl groups excluding tert-OH is 1. The molecule has 1 saturated heterocycles. The molecule has 1 heterocycles. The van der Waals surface area contributed by atoms with Crippen molar-refractivity contribution in [2.45, 2.75) is 56.5 Å². The molecule has 1 saturated carbocycles. The minimum Gasteiger partial charge on any atom is -0.508 e. The number of fused-ring (bicyclic) bond motifs is 2. The monoisotopic (exact) mass is 388 g/mol. The first kappa shape index (κ1) is 19.1. The van der Waals surface area contributed by atoms with Crippen molar-refractivity contribution in [2.24, 2.45) is 11.8 Å². The maximum absolute atomic E-state index is 13.1. The van der Waals surface area contributed by atoms with Crippen LogP contribution in [0.4, 0.5) is 0 Å². The largest absolute Gasteiger partial charge is 0.508 e. The molecule has 1 spiro atoms. The van der Waals surface area contributed by atoms with Crippen molar-refractivity contribution in [3.8, 4) is 5.75 Å². The topological polar surface area (TPSA) is 124 Å².